The number of halogens is 1. The van der Waals surface area contributed by atoms with Crippen molar-refractivity contribution in [3.05, 3.63) is 46.6 Å². The first kappa shape index (κ1) is 11.6. The lowest BCUT2D eigenvalue weighted by Gasteiger charge is -2.08. The van der Waals surface area contributed by atoms with E-state index in [-0.39, 0.29) is 0 Å². The molecule has 0 N–H and O–H groups in total. The Labute approximate surface area is 108 Å². The Kier molecular flexibility index (Phi) is 3.40. The third-order valence-electron chi connectivity index (χ3n) is 2.33. The number of hydrogen-bond acceptors (Lipinski definition) is 3. The van der Waals surface area contributed by atoms with Gasteiger partial charge in [-0.15, -0.1) is 0 Å². The molecule has 1 aromatic carbocycles. The number of ether oxygens (including phenoxy) is 1. The number of hydrogen-bond donors (Lipinski definition) is 0. The van der Waals surface area contributed by atoms with Crippen molar-refractivity contribution in [3.8, 4) is 23.1 Å². The fraction of sp³-hybridized carbons (Fsp3) is 0.0769. The van der Waals surface area contributed by atoms with E-state index in [2.05, 4.69) is 20.9 Å². The van der Waals surface area contributed by atoms with E-state index >= 15 is 0 Å². The molecule has 17 heavy (non-hydrogen) atoms. The first-order chi connectivity index (χ1) is 8.24. The smallest absolute Gasteiger partial charge is 0.128 e. The molecule has 0 aliphatic carbocycles. The van der Waals surface area contributed by atoms with Crippen LogP contribution in [-0.4, -0.2) is 12.1 Å². The quantitative estimate of drug-likeness (QED) is 0.851. The Balaban J connectivity index is 2.51. The number of nitrogens with zero attached hydrogens (tertiary/aromatic N) is 2. The van der Waals surface area contributed by atoms with Gasteiger partial charge in [-0.2, -0.15) is 5.26 Å². The Morgan fingerprint density at radius 2 is 2.12 bits per heavy atom. The Morgan fingerprint density at radius 3 is 2.71 bits per heavy atom. The maximum atomic E-state index is 8.72. The van der Waals surface area contributed by atoms with Crippen LogP contribution in [0.1, 0.15) is 5.56 Å². The van der Waals surface area contributed by atoms with Crippen molar-refractivity contribution in [2.24, 2.45) is 0 Å². The molecule has 1 heterocycles. The molecule has 0 saturated carbocycles. The summed E-state index contributed by atoms with van der Waals surface area (Å²) in [7, 11) is 1.62. The monoisotopic (exact) mass is 288 g/mol. The van der Waals surface area contributed by atoms with E-state index in [1.165, 1.54) is 0 Å². The molecule has 0 atom stereocenters. The molecule has 84 valence electrons. The largest absolute Gasteiger partial charge is 0.496 e. The molecule has 0 fully saturated rings. The zero-order chi connectivity index (χ0) is 12.3. The average molecular weight is 289 g/mol. The zero-order valence-corrected chi connectivity index (χ0v) is 10.7. The SMILES string of the molecule is COc1ccc(Br)cc1-c1ccc(C#N)cn1. The van der Waals surface area contributed by atoms with Crippen molar-refractivity contribution in [2.75, 3.05) is 7.11 Å². The molecule has 0 aliphatic rings. The molecule has 0 aliphatic heterocycles. The van der Waals surface area contributed by atoms with Gasteiger partial charge in [-0.3, -0.25) is 4.98 Å². The molecule has 2 aromatic rings. The van der Waals surface area contributed by atoms with Crippen molar-refractivity contribution < 1.29 is 4.74 Å². The van der Waals surface area contributed by atoms with Crippen molar-refractivity contribution in [1.82, 2.24) is 4.98 Å². The normalized spacial score (nSPS) is 9.71. The minimum atomic E-state index is 0.544. The van der Waals surface area contributed by atoms with Gasteiger partial charge in [0.15, 0.2) is 0 Å². The first-order valence-electron chi connectivity index (χ1n) is 4.94. The fourth-order valence-corrected chi connectivity index (χ4v) is 1.86. The maximum Gasteiger partial charge on any atom is 0.128 e. The van der Waals surface area contributed by atoms with Crippen LogP contribution >= 0.6 is 15.9 Å². The van der Waals surface area contributed by atoms with Crippen LogP contribution in [0.2, 0.25) is 0 Å². The van der Waals surface area contributed by atoms with Crippen LogP contribution in [0.3, 0.4) is 0 Å². The predicted octanol–water partition coefficient (Wildman–Crippen LogP) is 3.39. The zero-order valence-electron chi connectivity index (χ0n) is 9.14. The van der Waals surface area contributed by atoms with Gasteiger partial charge in [0.1, 0.15) is 11.8 Å². The molecular weight excluding hydrogens is 280 g/mol. The lowest BCUT2D eigenvalue weighted by Crippen LogP contribution is -1.90. The predicted molar refractivity (Wildman–Crippen MR) is 68.6 cm³/mol. The second-order valence-corrected chi connectivity index (χ2v) is 4.30. The van der Waals surface area contributed by atoms with Crippen molar-refractivity contribution in [1.29, 1.82) is 5.26 Å². The van der Waals surface area contributed by atoms with E-state index < -0.39 is 0 Å². The Morgan fingerprint density at radius 1 is 1.29 bits per heavy atom. The van der Waals surface area contributed by atoms with Crippen LogP contribution in [-0.2, 0) is 0 Å². The van der Waals surface area contributed by atoms with Gasteiger partial charge in [-0.25, -0.2) is 0 Å². The van der Waals surface area contributed by atoms with Gasteiger partial charge < -0.3 is 4.74 Å². The highest BCUT2D eigenvalue weighted by Gasteiger charge is 2.07. The molecule has 0 unspecified atom stereocenters. The summed E-state index contributed by atoms with van der Waals surface area (Å²) in [4.78, 5) is 4.25. The number of benzene rings is 1. The lowest BCUT2D eigenvalue weighted by molar-refractivity contribution is 0.416. The minimum absolute atomic E-state index is 0.544. The highest BCUT2D eigenvalue weighted by molar-refractivity contribution is 9.10. The first-order valence-corrected chi connectivity index (χ1v) is 5.74. The summed E-state index contributed by atoms with van der Waals surface area (Å²) in [5, 5.41) is 8.72. The Hall–Kier alpha value is -1.86. The number of nitriles is 1. The number of aromatic nitrogens is 1. The third kappa shape index (κ3) is 2.45. The number of rotatable bonds is 2. The molecular formula is C13H9BrN2O. The van der Waals surface area contributed by atoms with Crippen LogP contribution in [0.5, 0.6) is 5.75 Å². The third-order valence-corrected chi connectivity index (χ3v) is 2.82. The summed E-state index contributed by atoms with van der Waals surface area (Å²) in [6.45, 7) is 0. The standard InChI is InChI=1S/C13H9BrN2O/c1-17-13-5-3-10(14)6-11(13)12-4-2-9(7-15)8-16-12/h2-6,8H,1H3. The summed E-state index contributed by atoms with van der Waals surface area (Å²) in [6.07, 6.45) is 1.55. The van der Waals surface area contributed by atoms with E-state index in [0.29, 0.717) is 5.56 Å². The van der Waals surface area contributed by atoms with Gasteiger partial charge in [0.25, 0.3) is 0 Å². The van der Waals surface area contributed by atoms with Crippen molar-refractivity contribution in [3.63, 3.8) is 0 Å². The van der Waals surface area contributed by atoms with Crippen LogP contribution < -0.4 is 4.74 Å². The second-order valence-electron chi connectivity index (χ2n) is 3.39. The van der Waals surface area contributed by atoms with Crippen molar-refractivity contribution in [2.45, 2.75) is 0 Å². The summed E-state index contributed by atoms with van der Waals surface area (Å²) in [6, 6.07) is 11.3. The highest BCUT2D eigenvalue weighted by atomic mass is 79.9. The molecule has 0 radical (unpaired) electrons. The highest BCUT2D eigenvalue weighted by Crippen LogP contribution is 2.31. The Bertz CT molecular complexity index is 573. The van der Waals surface area contributed by atoms with Crippen LogP contribution in [0, 0.1) is 11.3 Å². The van der Waals surface area contributed by atoms with Crippen molar-refractivity contribution >= 4 is 15.9 Å². The topological polar surface area (TPSA) is 45.9 Å². The molecule has 1 aromatic heterocycles. The minimum Gasteiger partial charge on any atom is -0.496 e. The van der Waals surface area contributed by atoms with Gasteiger partial charge in [0.05, 0.1) is 18.4 Å². The molecule has 0 bridgehead atoms. The number of pyridine rings is 1. The van der Waals surface area contributed by atoms with Gasteiger partial charge >= 0.3 is 0 Å². The van der Waals surface area contributed by atoms with E-state index in [1.54, 1.807) is 19.4 Å². The van der Waals surface area contributed by atoms with Gasteiger partial charge in [-0.05, 0) is 30.3 Å². The van der Waals surface area contributed by atoms with Gasteiger partial charge in [-0.1, -0.05) is 15.9 Å². The molecule has 0 saturated heterocycles. The molecule has 0 spiro atoms. The van der Waals surface area contributed by atoms with Crippen LogP contribution in [0.25, 0.3) is 11.3 Å². The molecule has 4 heteroatoms. The molecule has 2 rings (SSSR count). The number of methoxy groups -OCH3 is 1. The summed E-state index contributed by atoms with van der Waals surface area (Å²) >= 11 is 3.42. The molecule has 3 nitrogen and oxygen atoms in total. The second kappa shape index (κ2) is 4.98. The van der Waals surface area contributed by atoms with Crippen LogP contribution in [0.4, 0.5) is 0 Å². The summed E-state index contributed by atoms with van der Waals surface area (Å²) in [5.41, 5.74) is 2.22. The van der Waals surface area contributed by atoms with Crippen LogP contribution in [0.15, 0.2) is 41.0 Å². The molecule has 0 amide bonds. The van der Waals surface area contributed by atoms with E-state index in [1.807, 2.05) is 30.3 Å². The maximum absolute atomic E-state index is 8.72. The summed E-state index contributed by atoms with van der Waals surface area (Å²) in [5.74, 6) is 0.755. The summed E-state index contributed by atoms with van der Waals surface area (Å²) < 4.78 is 6.24. The van der Waals surface area contributed by atoms with Gasteiger partial charge in [0.2, 0.25) is 0 Å². The van der Waals surface area contributed by atoms with Gasteiger partial charge in [0, 0.05) is 16.2 Å². The lowest BCUT2D eigenvalue weighted by atomic mass is 10.1. The van der Waals surface area contributed by atoms with E-state index in [4.69, 9.17) is 10.00 Å². The van der Waals surface area contributed by atoms with E-state index in [0.717, 1.165) is 21.5 Å². The average Bonchev–Trinajstić information content (AvgIpc) is 2.39. The van der Waals surface area contributed by atoms with E-state index in [9.17, 15) is 0 Å². The fourth-order valence-electron chi connectivity index (χ4n) is 1.50.